The maximum absolute atomic E-state index is 12.7. The summed E-state index contributed by atoms with van der Waals surface area (Å²) in [5, 5.41) is 4.32. The van der Waals surface area contributed by atoms with Crippen molar-refractivity contribution in [3.63, 3.8) is 0 Å². The first-order valence-electron chi connectivity index (χ1n) is 10.3. The van der Waals surface area contributed by atoms with Crippen LogP contribution in [0.1, 0.15) is 23.2 Å². The Hall–Kier alpha value is -1.61. The number of piperidine rings is 3. The summed E-state index contributed by atoms with van der Waals surface area (Å²) in [6.45, 7) is 6.72. The fourth-order valence-corrected chi connectivity index (χ4v) is 6.36. The molecule has 1 amide bonds. The topological polar surface area (TPSA) is 57.7 Å². The van der Waals surface area contributed by atoms with E-state index in [1.807, 2.05) is 30.5 Å². The summed E-state index contributed by atoms with van der Waals surface area (Å²) < 4.78 is 6.57. The van der Waals surface area contributed by atoms with Gasteiger partial charge in [-0.3, -0.25) is 4.79 Å². The van der Waals surface area contributed by atoms with E-state index >= 15 is 0 Å². The Morgan fingerprint density at radius 2 is 1.90 bits per heavy atom. The van der Waals surface area contributed by atoms with Crippen molar-refractivity contribution in [2.75, 3.05) is 50.8 Å². The van der Waals surface area contributed by atoms with Crippen LogP contribution < -0.4 is 10.2 Å². The quantitative estimate of drug-likeness (QED) is 0.787. The number of nitrogens with one attached hydrogen (secondary N) is 1. The summed E-state index contributed by atoms with van der Waals surface area (Å²) in [5.74, 6) is 0.693. The number of benzene rings is 1. The van der Waals surface area contributed by atoms with Gasteiger partial charge in [0.25, 0.3) is 5.91 Å². The van der Waals surface area contributed by atoms with Gasteiger partial charge in [0, 0.05) is 36.1 Å². The van der Waals surface area contributed by atoms with Gasteiger partial charge < -0.3 is 19.9 Å². The van der Waals surface area contributed by atoms with Gasteiger partial charge in [-0.15, -0.1) is 0 Å². The highest BCUT2D eigenvalue weighted by molar-refractivity contribution is 8.01. The Bertz CT molecular complexity index is 843. The van der Waals surface area contributed by atoms with Gasteiger partial charge in [-0.25, -0.2) is 4.98 Å². The third-order valence-corrected chi connectivity index (χ3v) is 8.23. The lowest BCUT2D eigenvalue weighted by Crippen LogP contribution is -2.57. The highest BCUT2D eigenvalue weighted by atomic mass is 32.2. The standard InChI is InChI=1S/C21H26N4O2S2/c26-20(23-18-14-24-7-5-15(18)6-8-24)16-1-3-17(4-2-16)28-19-13-22-21(29-19)25-9-11-27-12-10-25/h1-4,13,15,18H,5-12,14H2,(H,23,26)/t18-/m0/s1. The maximum Gasteiger partial charge on any atom is 0.251 e. The molecule has 0 aliphatic carbocycles. The highest BCUT2D eigenvalue weighted by Crippen LogP contribution is 2.35. The molecule has 6 rings (SSSR count). The van der Waals surface area contributed by atoms with Crippen LogP contribution in [0.4, 0.5) is 5.13 Å². The predicted molar refractivity (Wildman–Crippen MR) is 116 cm³/mol. The lowest BCUT2D eigenvalue weighted by Gasteiger charge is -2.44. The molecule has 0 radical (unpaired) electrons. The van der Waals surface area contributed by atoms with Gasteiger partial charge in [0.2, 0.25) is 0 Å². The van der Waals surface area contributed by atoms with Gasteiger partial charge in [0.1, 0.15) is 0 Å². The molecule has 0 spiro atoms. The Morgan fingerprint density at radius 3 is 2.59 bits per heavy atom. The number of carbonyl (C=O) groups excluding carboxylic acids is 1. The normalized spacial score (nSPS) is 26.5. The zero-order valence-corrected chi connectivity index (χ0v) is 18.0. The maximum atomic E-state index is 12.7. The van der Waals surface area contributed by atoms with E-state index < -0.39 is 0 Å². The number of nitrogens with zero attached hydrogens (tertiary/aromatic N) is 3. The summed E-state index contributed by atoms with van der Waals surface area (Å²) in [6.07, 6.45) is 4.36. The van der Waals surface area contributed by atoms with Crippen molar-refractivity contribution in [1.29, 1.82) is 0 Å². The van der Waals surface area contributed by atoms with Crippen molar-refractivity contribution in [3.05, 3.63) is 36.0 Å². The van der Waals surface area contributed by atoms with E-state index in [0.29, 0.717) is 12.0 Å². The van der Waals surface area contributed by atoms with Crippen LogP contribution in [-0.4, -0.2) is 67.8 Å². The molecule has 0 saturated carbocycles. The third-order valence-electron chi connectivity index (χ3n) is 6.06. The van der Waals surface area contributed by atoms with Crippen molar-refractivity contribution in [1.82, 2.24) is 15.2 Å². The van der Waals surface area contributed by atoms with Gasteiger partial charge >= 0.3 is 0 Å². The molecular formula is C21H26N4O2S2. The molecular weight excluding hydrogens is 404 g/mol. The van der Waals surface area contributed by atoms with Crippen LogP contribution in [0, 0.1) is 5.92 Å². The average molecular weight is 431 g/mol. The zero-order chi connectivity index (χ0) is 19.6. The van der Waals surface area contributed by atoms with E-state index in [1.54, 1.807) is 23.1 Å². The van der Waals surface area contributed by atoms with Crippen LogP contribution in [0.5, 0.6) is 0 Å². The Kier molecular flexibility index (Phi) is 5.76. The number of carbonyl (C=O) groups is 1. The van der Waals surface area contributed by atoms with Gasteiger partial charge in [-0.05, 0) is 56.1 Å². The van der Waals surface area contributed by atoms with E-state index in [2.05, 4.69) is 20.1 Å². The minimum absolute atomic E-state index is 0.0488. The number of amides is 1. The Labute approximate surface area is 179 Å². The molecule has 6 nitrogen and oxygen atoms in total. The molecule has 154 valence electrons. The molecule has 4 aliphatic heterocycles. The molecule has 1 N–H and O–H groups in total. The summed E-state index contributed by atoms with van der Waals surface area (Å²) in [7, 11) is 0. The molecule has 2 bridgehead atoms. The minimum Gasteiger partial charge on any atom is -0.378 e. The highest BCUT2D eigenvalue weighted by Gasteiger charge is 2.34. The third kappa shape index (κ3) is 4.45. The molecule has 4 aliphatic rings. The molecule has 5 heterocycles. The molecule has 29 heavy (non-hydrogen) atoms. The minimum atomic E-state index is 0.0488. The number of thiazole rings is 1. The lowest BCUT2D eigenvalue weighted by molar-refractivity contribution is 0.0620. The first kappa shape index (κ1) is 19.4. The van der Waals surface area contributed by atoms with Gasteiger partial charge in [-0.2, -0.15) is 0 Å². The summed E-state index contributed by atoms with van der Waals surface area (Å²) in [5.41, 5.74) is 0.740. The number of anilines is 1. The molecule has 1 aromatic carbocycles. The van der Waals surface area contributed by atoms with Crippen LogP contribution in [0.15, 0.2) is 39.6 Å². The van der Waals surface area contributed by atoms with Crippen LogP contribution in [0.2, 0.25) is 0 Å². The largest absolute Gasteiger partial charge is 0.378 e. The lowest BCUT2D eigenvalue weighted by atomic mass is 9.84. The SMILES string of the molecule is O=C(N[C@H]1CN2CCC1CC2)c1ccc(Sc2cnc(N3CCOCC3)s2)cc1. The fraction of sp³-hybridized carbons (Fsp3) is 0.524. The van der Waals surface area contributed by atoms with Crippen molar-refractivity contribution in [2.24, 2.45) is 5.92 Å². The van der Waals surface area contributed by atoms with Crippen LogP contribution in [0.25, 0.3) is 0 Å². The Balaban J connectivity index is 1.18. The first-order valence-corrected chi connectivity index (χ1v) is 12.0. The predicted octanol–water partition coefficient (Wildman–Crippen LogP) is 2.95. The van der Waals surface area contributed by atoms with E-state index in [-0.39, 0.29) is 5.91 Å². The number of aromatic nitrogens is 1. The second-order valence-electron chi connectivity index (χ2n) is 7.91. The molecule has 8 heteroatoms. The number of hydrogen-bond acceptors (Lipinski definition) is 7. The number of ether oxygens (including phenoxy) is 1. The monoisotopic (exact) mass is 430 g/mol. The average Bonchev–Trinajstić information content (AvgIpc) is 3.24. The van der Waals surface area contributed by atoms with Crippen molar-refractivity contribution >= 4 is 34.1 Å². The van der Waals surface area contributed by atoms with Gasteiger partial charge in [-0.1, -0.05) is 23.1 Å². The molecule has 0 unspecified atom stereocenters. The number of morpholine rings is 1. The molecule has 1 atom stereocenters. The molecule has 4 saturated heterocycles. The van der Waals surface area contributed by atoms with Crippen molar-refractivity contribution in [3.8, 4) is 0 Å². The van der Waals surface area contributed by atoms with Crippen LogP contribution in [-0.2, 0) is 4.74 Å². The van der Waals surface area contributed by atoms with Crippen LogP contribution in [0.3, 0.4) is 0 Å². The first-order chi connectivity index (χ1) is 14.2. The summed E-state index contributed by atoms with van der Waals surface area (Å²) in [4.78, 5) is 23.1. The van der Waals surface area contributed by atoms with Crippen LogP contribution >= 0.6 is 23.1 Å². The molecule has 1 aromatic heterocycles. The number of rotatable bonds is 5. The number of hydrogen-bond donors (Lipinski definition) is 1. The summed E-state index contributed by atoms with van der Waals surface area (Å²) in [6, 6.07) is 8.23. The molecule has 2 aromatic rings. The van der Waals surface area contributed by atoms with E-state index in [1.165, 1.54) is 25.9 Å². The zero-order valence-electron chi connectivity index (χ0n) is 16.4. The Morgan fingerprint density at radius 1 is 1.14 bits per heavy atom. The van der Waals surface area contributed by atoms with Gasteiger partial charge in [0.05, 0.1) is 23.6 Å². The van der Waals surface area contributed by atoms with Crippen molar-refractivity contribution < 1.29 is 9.53 Å². The van der Waals surface area contributed by atoms with E-state index in [9.17, 15) is 4.79 Å². The van der Waals surface area contributed by atoms with E-state index in [0.717, 1.165) is 52.6 Å². The second-order valence-corrected chi connectivity index (χ2v) is 10.3. The fourth-order valence-electron chi connectivity index (χ4n) is 4.37. The number of fused-ring (bicyclic) bond motifs is 3. The van der Waals surface area contributed by atoms with E-state index in [4.69, 9.17) is 4.74 Å². The smallest absolute Gasteiger partial charge is 0.251 e. The second kappa shape index (κ2) is 8.63. The summed E-state index contributed by atoms with van der Waals surface area (Å²) >= 11 is 3.41. The van der Waals surface area contributed by atoms with Crippen molar-refractivity contribution in [2.45, 2.75) is 28.0 Å². The van der Waals surface area contributed by atoms with Gasteiger partial charge in [0.15, 0.2) is 5.13 Å². The molecule has 4 fully saturated rings.